The second-order valence-electron chi connectivity index (χ2n) is 8.12. The van der Waals surface area contributed by atoms with E-state index in [4.69, 9.17) is 14.2 Å². The Morgan fingerprint density at radius 2 is 2.00 bits per heavy atom. The third-order valence-electron chi connectivity index (χ3n) is 6.24. The van der Waals surface area contributed by atoms with Gasteiger partial charge in [-0.05, 0) is 49.8 Å². The normalized spacial score (nSPS) is 25.0. The molecule has 0 bridgehead atoms. The predicted molar refractivity (Wildman–Crippen MR) is 98.2 cm³/mol. The molecule has 3 fully saturated rings. The number of ether oxygens (including phenoxy) is 3. The van der Waals surface area contributed by atoms with Crippen LogP contribution in [0.1, 0.15) is 35.2 Å². The van der Waals surface area contributed by atoms with Crippen molar-refractivity contribution in [2.45, 2.75) is 31.8 Å². The summed E-state index contributed by atoms with van der Waals surface area (Å²) in [5.41, 5.74) is 0.667. The van der Waals surface area contributed by atoms with E-state index in [1.54, 1.807) is 24.0 Å². The molecule has 0 radical (unpaired) electrons. The summed E-state index contributed by atoms with van der Waals surface area (Å²) >= 11 is 0. The van der Waals surface area contributed by atoms with Crippen LogP contribution in [0.3, 0.4) is 0 Å². The van der Waals surface area contributed by atoms with Crippen molar-refractivity contribution in [1.82, 2.24) is 4.90 Å². The molecule has 6 heteroatoms. The van der Waals surface area contributed by atoms with Crippen LogP contribution in [0, 0.1) is 24.6 Å². The van der Waals surface area contributed by atoms with Crippen LogP contribution >= 0.6 is 0 Å². The third-order valence-corrected chi connectivity index (χ3v) is 6.24. The summed E-state index contributed by atoms with van der Waals surface area (Å²) in [5, 5.41) is 0. The number of hydrogen-bond acceptors (Lipinski definition) is 4. The van der Waals surface area contributed by atoms with Crippen molar-refractivity contribution in [2.24, 2.45) is 11.8 Å². The zero-order valence-corrected chi connectivity index (χ0v) is 15.9. The molecule has 3 saturated heterocycles. The van der Waals surface area contributed by atoms with Crippen molar-refractivity contribution in [2.75, 3.05) is 46.1 Å². The zero-order chi connectivity index (χ0) is 18.9. The van der Waals surface area contributed by atoms with E-state index in [0.29, 0.717) is 49.3 Å². The molecule has 0 saturated carbocycles. The Kier molecular flexibility index (Phi) is 5.48. The Morgan fingerprint density at radius 3 is 2.74 bits per heavy atom. The average Bonchev–Trinajstić information content (AvgIpc) is 3.07. The van der Waals surface area contributed by atoms with Crippen LogP contribution in [0.4, 0.5) is 4.39 Å². The molecule has 1 aromatic rings. The van der Waals surface area contributed by atoms with Crippen LogP contribution in [0.2, 0.25) is 0 Å². The molecule has 1 spiro atoms. The monoisotopic (exact) mass is 377 g/mol. The fraction of sp³-hybridized carbons (Fsp3) is 0.667. The Balaban J connectivity index is 1.29. The summed E-state index contributed by atoms with van der Waals surface area (Å²) in [5.74, 6) is 0.438. The number of amides is 1. The number of benzene rings is 1. The molecule has 1 atom stereocenters. The number of hydrogen-bond donors (Lipinski definition) is 0. The highest BCUT2D eigenvalue weighted by Crippen LogP contribution is 2.40. The van der Waals surface area contributed by atoms with E-state index in [0.717, 1.165) is 39.1 Å². The maximum Gasteiger partial charge on any atom is 0.254 e. The van der Waals surface area contributed by atoms with Crippen LogP contribution in [-0.4, -0.2) is 62.5 Å². The SMILES string of the molecule is Cc1ccc(C(=O)N2CC3(C2)OCC[C@@H]3COCC2CCOCC2)cc1F. The standard InChI is InChI=1S/C21H28FNO4/c1-15-2-3-17(10-19(15)22)20(24)23-13-21(14-23)18(6-9-27-21)12-26-11-16-4-7-25-8-5-16/h2-3,10,16,18H,4-9,11-14H2,1H3/t18-/m1/s1. The van der Waals surface area contributed by atoms with Gasteiger partial charge in [-0.2, -0.15) is 0 Å². The number of carbonyl (C=O) groups is 1. The van der Waals surface area contributed by atoms with Gasteiger partial charge in [-0.25, -0.2) is 4.39 Å². The molecule has 3 aliphatic rings. The van der Waals surface area contributed by atoms with E-state index < -0.39 is 0 Å². The highest BCUT2D eigenvalue weighted by molar-refractivity contribution is 5.95. The van der Waals surface area contributed by atoms with Gasteiger partial charge in [-0.15, -0.1) is 0 Å². The van der Waals surface area contributed by atoms with E-state index >= 15 is 0 Å². The minimum Gasteiger partial charge on any atom is -0.381 e. The lowest BCUT2D eigenvalue weighted by atomic mass is 9.81. The topological polar surface area (TPSA) is 48.0 Å². The van der Waals surface area contributed by atoms with Crippen LogP contribution in [0.15, 0.2) is 18.2 Å². The lowest BCUT2D eigenvalue weighted by Crippen LogP contribution is -2.66. The molecule has 4 rings (SSSR count). The van der Waals surface area contributed by atoms with Crippen LogP contribution in [-0.2, 0) is 14.2 Å². The van der Waals surface area contributed by atoms with Crippen molar-refractivity contribution in [1.29, 1.82) is 0 Å². The maximum atomic E-state index is 13.8. The van der Waals surface area contributed by atoms with Gasteiger partial charge in [0, 0.05) is 37.9 Å². The van der Waals surface area contributed by atoms with E-state index in [2.05, 4.69) is 0 Å². The van der Waals surface area contributed by atoms with Gasteiger partial charge in [0.25, 0.3) is 5.91 Å². The Bertz CT molecular complexity index is 683. The van der Waals surface area contributed by atoms with E-state index in [-0.39, 0.29) is 17.3 Å². The summed E-state index contributed by atoms with van der Waals surface area (Å²) in [6.45, 7) is 6.66. The average molecular weight is 377 g/mol. The fourth-order valence-electron chi connectivity index (χ4n) is 4.31. The molecule has 5 nitrogen and oxygen atoms in total. The minimum absolute atomic E-state index is 0.128. The molecule has 0 N–H and O–H groups in total. The smallest absolute Gasteiger partial charge is 0.254 e. The van der Waals surface area contributed by atoms with Gasteiger partial charge in [0.15, 0.2) is 0 Å². The predicted octanol–water partition coefficient (Wildman–Crippen LogP) is 2.81. The molecule has 0 unspecified atom stereocenters. The van der Waals surface area contributed by atoms with Crippen LogP contribution in [0.5, 0.6) is 0 Å². The number of nitrogens with zero attached hydrogens (tertiary/aromatic N) is 1. The molecular weight excluding hydrogens is 349 g/mol. The third kappa shape index (κ3) is 3.89. The first-order valence-corrected chi connectivity index (χ1v) is 9.92. The quantitative estimate of drug-likeness (QED) is 0.792. The van der Waals surface area contributed by atoms with Gasteiger partial charge < -0.3 is 19.1 Å². The van der Waals surface area contributed by atoms with Crippen LogP contribution < -0.4 is 0 Å². The second-order valence-corrected chi connectivity index (χ2v) is 8.12. The highest BCUT2D eigenvalue weighted by atomic mass is 19.1. The zero-order valence-electron chi connectivity index (χ0n) is 15.9. The molecule has 27 heavy (non-hydrogen) atoms. The first-order valence-electron chi connectivity index (χ1n) is 9.92. The minimum atomic E-state index is -0.340. The number of carbonyl (C=O) groups excluding carboxylic acids is 1. The Hall–Kier alpha value is -1.50. The van der Waals surface area contributed by atoms with Crippen LogP contribution in [0.25, 0.3) is 0 Å². The van der Waals surface area contributed by atoms with Crippen molar-refractivity contribution >= 4 is 5.91 Å². The molecule has 1 amide bonds. The summed E-state index contributed by atoms with van der Waals surface area (Å²) < 4.78 is 31.2. The van der Waals surface area contributed by atoms with Crippen molar-refractivity contribution < 1.29 is 23.4 Å². The van der Waals surface area contributed by atoms with Gasteiger partial charge in [0.05, 0.1) is 19.7 Å². The van der Waals surface area contributed by atoms with Crippen molar-refractivity contribution in [3.8, 4) is 0 Å². The summed E-state index contributed by atoms with van der Waals surface area (Å²) in [7, 11) is 0. The van der Waals surface area contributed by atoms with Gasteiger partial charge >= 0.3 is 0 Å². The lowest BCUT2D eigenvalue weighted by Gasteiger charge is -2.50. The second kappa shape index (κ2) is 7.86. The molecule has 3 aliphatic heterocycles. The lowest BCUT2D eigenvalue weighted by molar-refractivity contribution is -0.129. The van der Waals surface area contributed by atoms with E-state index in [9.17, 15) is 9.18 Å². The van der Waals surface area contributed by atoms with Gasteiger partial charge in [-0.3, -0.25) is 4.79 Å². The number of halogens is 1. The molecule has 1 aromatic carbocycles. The highest BCUT2D eigenvalue weighted by Gasteiger charge is 2.54. The van der Waals surface area contributed by atoms with Gasteiger partial charge in [0.1, 0.15) is 11.4 Å². The molecular formula is C21H28FNO4. The van der Waals surface area contributed by atoms with Crippen molar-refractivity contribution in [3.05, 3.63) is 35.1 Å². The summed E-state index contributed by atoms with van der Waals surface area (Å²) in [6.07, 6.45) is 3.11. The Morgan fingerprint density at radius 1 is 1.22 bits per heavy atom. The first kappa shape index (κ1) is 18.8. The molecule has 148 valence electrons. The van der Waals surface area contributed by atoms with E-state index in [1.807, 2.05) is 0 Å². The van der Waals surface area contributed by atoms with Crippen molar-refractivity contribution in [3.63, 3.8) is 0 Å². The number of likely N-dealkylation sites (tertiary alicyclic amines) is 1. The van der Waals surface area contributed by atoms with Gasteiger partial charge in [-0.1, -0.05) is 6.07 Å². The molecule has 3 heterocycles. The molecule has 0 aromatic heterocycles. The van der Waals surface area contributed by atoms with Gasteiger partial charge in [0.2, 0.25) is 0 Å². The summed E-state index contributed by atoms with van der Waals surface area (Å²) in [6, 6.07) is 4.67. The number of rotatable bonds is 5. The Labute approximate surface area is 159 Å². The molecule has 0 aliphatic carbocycles. The maximum absolute atomic E-state index is 13.8. The largest absolute Gasteiger partial charge is 0.381 e. The fourth-order valence-corrected chi connectivity index (χ4v) is 4.31. The first-order chi connectivity index (χ1) is 13.1. The summed E-state index contributed by atoms with van der Waals surface area (Å²) in [4.78, 5) is 14.4. The van der Waals surface area contributed by atoms with E-state index in [1.165, 1.54) is 6.07 Å². The number of aryl methyl sites for hydroxylation is 1.